The van der Waals surface area contributed by atoms with Crippen molar-refractivity contribution in [3.05, 3.63) is 46.6 Å². The van der Waals surface area contributed by atoms with Gasteiger partial charge in [-0.3, -0.25) is 14.4 Å². The number of aromatic hydroxyl groups is 2. The van der Waals surface area contributed by atoms with Crippen LogP contribution in [-0.2, 0) is 4.79 Å². The number of carbonyl (C=O) groups is 3. The van der Waals surface area contributed by atoms with E-state index in [-0.39, 0.29) is 41.2 Å². The van der Waals surface area contributed by atoms with Gasteiger partial charge in [-0.2, -0.15) is 0 Å². The minimum atomic E-state index is -1.26. The van der Waals surface area contributed by atoms with Crippen LogP contribution in [0.25, 0.3) is 0 Å². The fourth-order valence-corrected chi connectivity index (χ4v) is 3.08. The molecule has 6 nitrogen and oxygen atoms in total. The molecule has 1 aliphatic rings. The van der Waals surface area contributed by atoms with Crippen LogP contribution in [0.15, 0.2) is 35.4 Å². The third-order valence-electron chi connectivity index (χ3n) is 4.34. The molecule has 27 heavy (non-hydrogen) atoms. The van der Waals surface area contributed by atoms with Gasteiger partial charge in [-0.1, -0.05) is 25.5 Å². The van der Waals surface area contributed by atoms with Crippen LogP contribution in [0.5, 0.6) is 11.5 Å². The van der Waals surface area contributed by atoms with Gasteiger partial charge < -0.3 is 15.3 Å². The summed E-state index contributed by atoms with van der Waals surface area (Å²) in [7, 11) is 0. The van der Waals surface area contributed by atoms with Crippen molar-refractivity contribution in [2.45, 2.75) is 46.1 Å². The van der Waals surface area contributed by atoms with Gasteiger partial charge in [-0.05, 0) is 37.5 Å². The lowest BCUT2D eigenvalue weighted by atomic mass is 9.85. The number of hydrogen-bond donors (Lipinski definition) is 3. The zero-order valence-electron chi connectivity index (χ0n) is 15.7. The topological polar surface area (TPSA) is 112 Å². The summed E-state index contributed by atoms with van der Waals surface area (Å²) in [5.74, 6) is -1.80. The van der Waals surface area contributed by atoms with Gasteiger partial charge >= 0.3 is 0 Å². The molecule has 1 aromatic carbocycles. The van der Waals surface area contributed by atoms with E-state index in [4.69, 9.17) is 0 Å². The Balaban J connectivity index is 2.16. The highest BCUT2D eigenvalue weighted by molar-refractivity contribution is 6.26. The number of phenols is 2. The molecule has 2 rings (SSSR count). The average Bonchev–Trinajstić information content (AvgIpc) is 2.57. The van der Waals surface area contributed by atoms with Crippen LogP contribution in [0.1, 0.15) is 60.7 Å². The molecule has 1 atom stereocenters. The first-order valence-corrected chi connectivity index (χ1v) is 8.82. The number of ketones is 3. The predicted molar refractivity (Wildman–Crippen MR) is 100.0 cm³/mol. The van der Waals surface area contributed by atoms with Crippen molar-refractivity contribution >= 4 is 17.3 Å². The number of benzene rings is 1. The van der Waals surface area contributed by atoms with E-state index in [1.165, 1.54) is 0 Å². The Morgan fingerprint density at radius 3 is 2.30 bits per heavy atom. The zero-order chi connectivity index (χ0) is 20.3. The van der Waals surface area contributed by atoms with Crippen LogP contribution < -0.4 is 0 Å². The first-order chi connectivity index (χ1) is 12.6. The monoisotopic (exact) mass is 372 g/mol. The van der Waals surface area contributed by atoms with Crippen molar-refractivity contribution in [2.24, 2.45) is 5.92 Å². The summed E-state index contributed by atoms with van der Waals surface area (Å²) < 4.78 is 0. The van der Waals surface area contributed by atoms with Gasteiger partial charge in [0.25, 0.3) is 0 Å². The largest absolute Gasteiger partial charge is 0.507 e. The molecule has 0 radical (unpaired) electrons. The Morgan fingerprint density at radius 2 is 1.70 bits per heavy atom. The fraction of sp³-hybridized carbons (Fsp3) is 0.381. The molecule has 0 bridgehead atoms. The Labute approximate surface area is 157 Å². The normalized spacial score (nSPS) is 15.6. The summed E-state index contributed by atoms with van der Waals surface area (Å²) in [4.78, 5) is 36.7. The van der Waals surface area contributed by atoms with Gasteiger partial charge in [0.05, 0.1) is 17.2 Å². The SMILES string of the molecule is C/C(=C\C[C@@H](O)C1=CC(=O)c2c(O)ccc(O)c2C1=O)CC(=O)CC(C)C. The lowest BCUT2D eigenvalue weighted by Crippen LogP contribution is -2.25. The average molecular weight is 372 g/mol. The van der Waals surface area contributed by atoms with E-state index in [1.807, 2.05) is 13.8 Å². The molecular weight excluding hydrogens is 348 g/mol. The van der Waals surface area contributed by atoms with E-state index < -0.39 is 29.2 Å². The zero-order valence-corrected chi connectivity index (χ0v) is 15.7. The Hall–Kier alpha value is -2.73. The van der Waals surface area contributed by atoms with E-state index in [0.717, 1.165) is 23.8 Å². The van der Waals surface area contributed by atoms with Crippen molar-refractivity contribution in [3.63, 3.8) is 0 Å². The lowest BCUT2D eigenvalue weighted by molar-refractivity contribution is -0.119. The third kappa shape index (κ3) is 4.71. The predicted octanol–water partition coefficient (Wildman–Crippen LogP) is 3.11. The molecule has 0 aliphatic heterocycles. The van der Waals surface area contributed by atoms with Crippen LogP contribution in [0.2, 0.25) is 0 Å². The summed E-state index contributed by atoms with van der Waals surface area (Å²) in [5.41, 5.74) is 0.0630. The van der Waals surface area contributed by atoms with E-state index in [2.05, 4.69) is 0 Å². The minimum absolute atomic E-state index is 0.0561. The number of fused-ring (bicyclic) bond motifs is 1. The van der Waals surface area contributed by atoms with Crippen molar-refractivity contribution in [2.75, 3.05) is 0 Å². The number of Topliss-reactive ketones (excluding diaryl/α,β-unsaturated/α-hetero) is 2. The highest BCUT2D eigenvalue weighted by Gasteiger charge is 2.33. The smallest absolute Gasteiger partial charge is 0.196 e. The van der Waals surface area contributed by atoms with Gasteiger partial charge in [0.2, 0.25) is 0 Å². The molecule has 0 spiro atoms. The van der Waals surface area contributed by atoms with Crippen molar-refractivity contribution in [3.8, 4) is 11.5 Å². The van der Waals surface area contributed by atoms with Crippen molar-refractivity contribution in [1.29, 1.82) is 0 Å². The Kier molecular flexibility index (Phi) is 6.33. The van der Waals surface area contributed by atoms with Gasteiger partial charge in [0, 0.05) is 18.4 Å². The summed E-state index contributed by atoms with van der Waals surface area (Å²) >= 11 is 0. The maximum atomic E-state index is 12.6. The quantitative estimate of drug-likeness (QED) is 0.501. The first kappa shape index (κ1) is 20.6. The first-order valence-electron chi connectivity index (χ1n) is 8.82. The van der Waals surface area contributed by atoms with E-state index in [1.54, 1.807) is 13.0 Å². The molecular formula is C21H24O6. The highest BCUT2D eigenvalue weighted by Crippen LogP contribution is 2.35. The second-order valence-corrected chi connectivity index (χ2v) is 7.26. The maximum absolute atomic E-state index is 12.6. The van der Waals surface area contributed by atoms with E-state index >= 15 is 0 Å². The molecule has 0 heterocycles. The number of carbonyl (C=O) groups excluding carboxylic acids is 3. The molecule has 0 saturated carbocycles. The second kappa shape index (κ2) is 8.31. The van der Waals surface area contributed by atoms with Crippen LogP contribution in [0.3, 0.4) is 0 Å². The number of aliphatic hydroxyl groups is 1. The van der Waals surface area contributed by atoms with Gasteiger partial charge in [-0.15, -0.1) is 0 Å². The summed E-state index contributed by atoms with van der Waals surface area (Å²) in [6, 6.07) is 2.26. The molecule has 144 valence electrons. The van der Waals surface area contributed by atoms with Gasteiger partial charge in [0.15, 0.2) is 11.6 Å². The third-order valence-corrected chi connectivity index (χ3v) is 4.34. The van der Waals surface area contributed by atoms with E-state index in [9.17, 15) is 29.7 Å². The number of aliphatic hydroxyl groups excluding tert-OH is 1. The van der Waals surface area contributed by atoms with Crippen molar-refractivity contribution < 1.29 is 29.7 Å². The molecule has 1 aliphatic carbocycles. The summed E-state index contributed by atoms with van der Waals surface area (Å²) in [6.07, 6.45) is 2.20. The van der Waals surface area contributed by atoms with Crippen LogP contribution in [0, 0.1) is 5.92 Å². The molecule has 6 heteroatoms. The molecule has 0 saturated heterocycles. The Bertz CT molecular complexity index is 844. The lowest BCUT2D eigenvalue weighted by Gasteiger charge is -2.20. The minimum Gasteiger partial charge on any atom is -0.507 e. The van der Waals surface area contributed by atoms with Crippen LogP contribution in [0.4, 0.5) is 0 Å². The van der Waals surface area contributed by atoms with Crippen LogP contribution >= 0.6 is 0 Å². The molecule has 0 fully saturated rings. The molecule has 0 amide bonds. The van der Waals surface area contributed by atoms with Crippen LogP contribution in [-0.4, -0.2) is 38.8 Å². The number of phenolic OH excluding ortho intramolecular Hbond substituents is 2. The number of allylic oxidation sites excluding steroid dienone is 2. The second-order valence-electron chi connectivity index (χ2n) is 7.26. The standard InChI is InChI=1S/C21H24O6/c1-11(2)8-13(22)9-12(3)4-5-15(23)14-10-18(26)19-16(24)6-7-17(25)20(19)21(14)27/h4,6-7,10-11,15,23-25H,5,8-9H2,1-3H3/b12-4+/t15-/m1/s1. The van der Waals surface area contributed by atoms with Crippen molar-refractivity contribution in [1.82, 2.24) is 0 Å². The van der Waals surface area contributed by atoms with Gasteiger partial charge in [-0.25, -0.2) is 0 Å². The van der Waals surface area contributed by atoms with E-state index in [0.29, 0.717) is 6.42 Å². The van der Waals surface area contributed by atoms with Gasteiger partial charge in [0.1, 0.15) is 17.3 Å². The molecule has 3 N–H and O–H groups in total. The molecule has 1 aromatic rings. The molecule has 0 unspecified atom stereocenters. The number of hydrogen-bond acceptors (Lipinski definition) is 6. The molecule has 0 aromatic heterocycles. The summed E-state index contributed by atoms with van der Waals surface area (Å²) in [6.45, 7) is 5.69. The number of rotatable bonds is 7. The maximum Gasteiger partial charge on any atom is 0.196 e. The fourth-order valence-electron chi connectivity index (χ4n) is 3.08. The highest BCUT2D eigenvalue weighted by atomic mass is 16.3. The Morgan fingerprint density at radius 1 is 1.11 bits per heavy atom. The summed E-state index contributed by atoms with van der Waals surface area (Å²) in [5, 5.41) is 30.1.